The molecular weight excluding hydrogens is 498 g/mol. The third kappa shape index (κ3) is 6.84. The van der Waals surface area contributed by atoms with Crippen molar-refractivity contribution >= 4 is 11.3 Å². The highest BCUT2D eigenvalue weighted by Crippen LogP contribution is 2.29. The first-order valence-corrected chi connectivity index (χ1v) is 12.6. The molecule has 4 rings (SSSR count). The molecule has 0 saturated carbocycles. The number of aromatic nitrogens is 4. The Morgan fingerprint density at radius 2 is 1.78 bits per heavy atom. The van der Waals surface area contributed by atoms with Crippen LogP contribution >= 0.6 is 11.3 Å². The molecule has 196 valence electrons. The fraction of sp³-hybridized carbons (Fsp3) is 0.333. The van der Waals surface area contributed by atoms with E-state index >= 15 is 0 Å². The van der Waals surface area contributed by atoms with Gasteiger partial charge in [0.15, 0.2) is 5.82 Å². The lowest BCUT2D eigenvalue weighted by Crippen LogP contribution is -2.21. The van der Waals surface area contributed by atoms with E-state index in [4.69, 9.17) is 4.74 Å². The van der Waals surface area contributed by atoms with E-state index in [1.165, 1.54) is 28.4 Å². The normalized spacial score (nSPS) is 11.2. The Morgan fingerprint density at radius 1 is 1.08 bits per heavy atom. The number of aryl methyl sites for hydroxylation is 2. The number of thiazole rings is 1. The average Bonchev–Trinajstić information content (AvgIpc) is 3.31. The lowest BCUT2D eigenvalue weighted by Gasteiger charge is -2.15. The number of hydrogen-bond acceptors (Lipinski definition) is 7. The Morgan fingerprint density at radius 3 is 2.38 bits per heavy atom. The van der Waals surface area contributed by atoms with Gasteiger partial charge in [-0.1, -0.05) is 20.3 Å². The van der Waals surface area contributed by atoms with Gasteiger partial charge in [-0.2, -0.15) is 0 Å². The predicted molar refractivity (Wildman–Crippen MR) is 140 cm³/mol. The summed E-state index contributed by atoms with van der Waals surface area (Å²) in [7, 11) is 0. The van der Waals surface area contributed by atoms with Crippen molar-refractivity contribution in [2.24, 2.45) is 0 Å². The van der Waals surface area contributed by atoms with Gasteiger partial charge in [-0.3, -0.25) is 19.3 Å². The van der Waals surface area contributed by atoms with Crippen LogP contribution in [0.25, 0.3) is 16.4 Å². The number of rotatable bonds is 6. The van der Waals surface area contributed by atoms with Gasteiger partial charge in [-0.15, -0.1) is 11.3 Å². The molecular formula is C27H30F2N4O3S. The van der Waals surface area contributed by atoms with E-state index < -0.39 is 17.2 Å². The van der Waals surface area contributed by atoms with Crippen LogP contribution in [0.5, 0.6) is 5.75 Å². The van der Waals surface area contributed by atoms with E-state index in [1.54, 1.807) is 44.5 Å². The number of ether oxygens (including phenoxy) is 1. The quantitative estimate of drug-likeness (QED) is 0.337. The van der Waals surface area contributed by atoms with Crippen LogP contribution in [0.4, 0.5) is 8.78 Å². The van der Waals surface area contributed by atoms with Crippen LogP contribution in [0.2, 0.25) is 0 Å². The van der Waals surface area contributed by atoms with E-state index in [9.17, 15) is 18.7 Å². The topological polar surface area (TPSA) is 90.1 Å². The van der Waals surface area contributed by atoms with Gasteiger partial charge in [0.05, 0.1) is 17.6 Å². The molecule has 37 heavy (non-hydrogen) atoms. The molecule has 4 aromatic heterocycles. The van der Waals surface area contributed by atoms with Crippen LogP contribution in [-0.2, 0) is 12.2 Å². The van der Waals surface area contributed by atoms with Crippen molar-refractivity contribution < 1.29 is 18.6 Å². The van der Waals surface area contributed by atoms with E-state index in [-0.39, 0.29) is 23.6 Å². The summed E-state index contributed by atoms with van der Waals surface area (Å²) in [6.45, 7) is 10.9. The van der Waals surface area contributed by atoms with Crippen LogP contribution in [-0.4, -0.2) is 24.6 Å². The standard InChI is InChI=1S/C24H22F2N4O3S.C3H8/c1-13-9-27-18(23-29-21(12-34-23)24(3,4)32)8-20(13)30-14(2)5-16(7-22(30)31)33-11-19-17(26)6-15(25)10-28-19;1-3-2/h5-10,12,32H,11H2,1-4H3;3H2,1-2H3. The van der Waals surface area contributed by atoms with E-state index in [0.29, 0.717) is 27.8 Å². The van der Waals surface area contributed by atoms with Crippen molar-refractivity contribution in [2.75, 3.05) is 0 Å². The number of nitrogens with zero attached hydrogens (tertiary/aromatic N) is 4. The molecule has 0 spiro atoms. The molecule has 0 fully saturated rings. The minimum absolute atomic E-state index is 0.0632. The monoisotopic (exact) mass is 528 g/mol. The molecule has 1 N–H and O–H groups in total. The minimum atomic E-state index is -1.07. The Hall–Kier alpha value is -3.50. The first-order chi connectivity index (χ1) is 17.4. The maximum absolute atomic E-state index is 13.8. The number of pyridine rings is 3. The largest absolute Gasteiger partial charge is 0.487 e. The Labute approximate surface area is 218 Å². The van der Waals surface area contributed by atoms with Gasteiger partial charge >= 0.3 is 0 Å². The molecule has 7 nitrogen and oxygen atoms in total. The summed E-state index contributed by atoms with van der Waals surface area (Å²) in [5.41, 5.74) is 1.63. The summed E-state index contributed by atoms with van der Waals surface area (Å²) >= 11 is 1.36. The zero-order chi connectivity index (χ0) is 27.3. The summed E-state index contributed by atoms with van der Waals surface area (Å²) in [5, 5.41) is 12.6. The molecule has 0 bridgehead atoms. The molecule has 4 heterocycles. The lowest BCUT2D eigenvalue weighted by molar-refractivity contribution is 0.0746. The molecule has 0 aliphatic heterocycles. The maximum atomic E-state index is 13.8. The summed E-state index contributed by atoms with van der Waals surface area (Å²) in [4.78, 5) is 25.6. The van der Waals surface area contributed by atoms with Crippen molar-refractivity contribution in [1.29, 1.82) is 0 Å². The fourth-order valence-electron chi connectivity index (χ4n) is 3.31. The minimum Gasteiger partial charge on any atom is -0.487 e. The number of halogens is 2. The van der Waals surface area contributed by atoms with Crippen molar-refractivity contribution in [2.45, 2.75) is 60.2 Å². The second kappa shape index (κ2) is 11.7. The fourth-order valence-corrected chi connectivity index (χ4v) is 4.26. The highest BCUT2D eigenvalue weighted by molar-refractivity contribution is 7.13. The maximum Gasteiger partial charge on any atom is 0.259 e. The predicted octanol–water partition coefficient (Wildman–Crippen LogP) is 5.87. The molecule has 0 saturated heterocycles. The first kappa shape index (κ1) is 28.1. The highest BCUT2D eigenvalue weighted by atomic mass is 32.1. The van der Waals surface area contributed by atoms with Gasteiger partial charge in [0, 0.05) is 35.5 Å². The van der Waals surface area contributed by atoms with Crippen molar-refractivity contribution in [3.8, 4) is 22.1 Å². The van der Waals surface area contributed by atoms with Crippen LogP contribution in [0.3, 0.4) is 0 Å². The summed E-state index contributed by atoms with van der Waals surface area (Å²) in [6.07, 6.45) is 3.82. The summed E-state index contributed by atoms with van der Waals surface area (Å²) in [6, 6.07) is 5.45. The van der Waals surface area contributed by atoms with Gasteiger partial charge in [0.25, 0.3) is 5.56 Å². The van der Waals surface area contributed by atoms with Crippen LogP contribution in [0.15, 0.2) is 46.8 Å². The molecule has 0 aromatic carbocycles. The molecule has 10 heteroatoms. The molecule has 0 unspecified atom stereocenters. The molecule has 0 amide bonds. The zero-order valence-corrected chi connectivity index (χ0v) is 22.5. The second-order valence-corrected chi connectivity index (χ2v) is 9.89. The van der Waals surface area contributed by atoms with Gasteiger partial charge < -0.3 is 9.84 Å². The van der Waals surface area contributed by atoms with Gasteiger partial charge in [-0.05, 0) is 39.3 Å². The van der Waals surface area contributed by atoms with Crippen LogP contribution in [0, 0.1) is 25.5 Å². The molecule has 0 radical (unpaired) electrons. The molecule has 0 aliphatic carbocycles. The lowest BCUT2D eigenvalue weighted by atomic mass is 10.1. The van der Waals surface area contributed by atoms with Crippen molar-refractivity contribution in [3.63, 3.8) is 0 Å². The van der Waals surface area contributed by atoms with Crippen LogP contribution in [0.1, 0.15) is 56.8 Å². The first-order valence-electron chi connectivity index (χ1n) is 11.8. The second-order valence-electron chi connectivity index (χ2n) is 9.04. The summed E-state index contributed by atoms with van der Waals surface area (Å²) < 4.78 is 33.9. The van der Waals surface area contributed by atoms with E-state index in [1.807, 2.05) is 6.92 Å². The van der Waals surface area contributed by atoms with Gasteiger partial charge in [0.2, 0.25) is 0 Å². The smallest absolute Gasteiger partial charge is 0.259 e. The average molecular weight is 529 g/mol. The Balaban J connectivity index is 0.00000121. The third-order valence-electron chi connectivity index (χ3n) is 5.12. The third-order valence-corrected chi connectivity index (χ3v) is 5.98. The molecule has 0 atom stereocenters. The van der Waals surface area contributed by atoms with Gasteiger partial charge in [0.1, 0.15) is 40.2 Å². The number of aliphatic hydroxyl groups is 1. The van der Waals surface area contributed by atoms with E-state index in [0.717, 1.165) is 17.8 Å². The molecule has 4 aromatic rings. The SMILES string of the molecule is CCC.Cc1cnc(-c2nc(C(C)(C)O)cs2)cc1-n1c(C)cc(OCc2ncc(F)cc2F)cc1=O. The van der Waals surface area contributed by atoms with Crippen LogP contribution < -0.4 is 10.3 Å². The Bertz CT molecular complexity index is 1440. The van der Waals surface area contributed by atoms with Crippen molar-refractivity contribution in [1.82, 2.24) is 19.5 Å². The molecule has 0 aliphatic rings. The Kier molecular flexibility index (Phi) is 8.88. The zero-order valence-electron chi connectivity index (χ0n) is 21.7. The highest BCUT2D eigenvalue weighted by Gasteiger charge is 2.21. The summed E-state index contributed by atoms with van der Waals surface area (Å²) in [5.74, 6) is -1.35. The van der Waals surface area contributed by atoms with Gasteiger partial charge in [-0.25, -0.2) is 13.8 Å². The van der Waals surface area contributed by atoms with Crippen molar-refractivity contribution in [3.05, 3.63) is 86.7 Å². The van der Waals surface area contributed by atoms with E-state index in [2.05, 4.69) is 28.8 Å². The number of hydrogen-bond donors (Lipinski definition) is 1.